The fourth-order valence-corrected chi connectivity index (χ4v) is 2.62. The number of amides is 1. The quantitative estimate of drug-likeness (QED) is 0.508. The first-order chi connectivity index (χ1) is 12.3. The molecular weight excluding hydrogens is 413 g/mol. The number of hydrogen-bond donors (Lipinski definition) is 1. The highest BCUT2D eigenvalue weighted by molar-refractivity contribution is 9.10. The fourth-order valence-electron chi connectivity index (χ4n) is 2.36. The molecular formula is C17H12BrF3N4O. The Morgan fingerprint density at radius 1 is 1.19 bits per heavy atom. The fraction of sp³-hybridized carbons (Fsp3) is 0.118. The number of nitrogens with one attached hydrogen (secondary N) is 1. The summed E-state index contributed by atoms with van der Waals surface area (Å²) in [7, 11) is 0. The number of aromatic nitrogens is 2. The van der Waals surface area contributed by atoms with Gasteiger partial charge < -0.3 is 4.57 Å². The monoisotopic (exact) mass is 424 g/mol. The smallest absolute Gasteiger partial charge is 0.311 e. The van der Waals surface area contributed by atoms with Crippen LogP contribution < -0.4 is 5.43 Å². The van der Waals surface area contributed by atoms with E-state index in [-0.39, 0.29) is 11.0 Å². The van der Waals surface area contributed by atoms with Crippen LogP contribution in [-0.4, -0.2) is 21.7 Å². The van der Waals surface area contributed by atoms with Gasteiger partial charge in [0.15, 0.2) is 0 Å². The molecule has 1 heterocycles. The third-order valence-electron chi connectivity index (χ3n) is 3.48. The highest BCUT2D eigenvalue weighted by Crippen LogP contribution is 2.31. The van der Waals surface area contributed by atoms with E-state index in [1.54, 1.807) is 36.4 Å². The molecule has 1 aromatic heterocycles. The minimum Gasteiger partial charge on any atom is -0.311 e. The standard InChI is InChI=1S/C17H12BrF3N4O/c18-12-7-5-11(6-8-12)9-22-24-15(26)10-25-14-4-2-1-3-13(14)23-16(25)17(19,20)21/h1-9H,10H2,(H,24,26)/b22-9+. The molecule has 0 atom stereocenters. The number of fused-ring (bicyclic) bond motifs is 1. The molecule has 0 radical (unpaired) electrons. The van der Waals surface area contributed by atoms with Gasteiger partial charge in [0.25, 0.3) is 5.91 Å². The van der Waals surface area contributed by atoms with Crippen LogP contribution >= 0.6 is 15.9 Å². The first-order valence-electron chi connectivity index (χ1n) is 7.44. The summed E-state index contributed by atoms with van der Waals surface area (Å²) < 4.78 is 41.3. The normalized spacial score (nSPS) is 12.0. The predicted molar refractivity (Wildman–Crippen MR) is 94.6 cm³/mol. The van der Waals surface area contributed by atoms with Gasteiger partial charge in [-0.15, -0.1) is 0 Å². The third-order valence-corrected chi connectivity index (χ3v) is 4.01. The van der Waals surface area contributed by atoms with Crippen LogP contribution in [0.4, 0.5) is 13.2 Å². The number of para-hydroxylation sites is 2. The molecule has 0 fully saturated rings. The van der Waals surface area contributed by atoms with E-state index >= 15 is 0 Å². The van der Waals surface area contributed by atoms with Crippen molar-refractivity contribution in [1.29, 1.82) is 0 Å². The molecule has 0 aliphatic heterocycles. The number of carbonyl (C=O) groups is 1. The van der Waals surface area contributed by atoms with Gasteiger partial charge in [0.2, 0.25) is 5.82 Å². The number of hydrazone groups is 1. The van der Waals surface area contributed by atoms with E-state index in [2.05, 4.69) is 31.4 Å². The maximum atomic E-state index is 13.2. The lowest BCUT2D eigenvalue weighted by atomic mass is 10.2. The van der Waals surface area contributed by atoms with Crippen LogP contribution in [0.15, 0.2) is 58.1 Å². The van der Waals surface area contributed by atoms with Gasteiger partial charge in [-0.3, -0.25) is 4.79 Å². The van der Waals surface area contributed by atoms with Crippen molar-refractivity contribution in [1.82, 2.24) is 15.0 Å². The molecule has 0 saturated carbocycles. The van der Waals surface area contributed by atoms with Crippen molar-refractivity contribution in [2.45, 2.75) is 12.7 Å². The lowest BCUT2D eigenvalue weighted by Crippen LogP contribution is -2.26. The second-order valence-corrected chi connectivity index (χ2v) is 6.27. The Bertz CT molecular complexity index is 964. The molecule has 3 rings (SSSR count). The van der Waals surface area contributed by atoms with Gasteiger partial charge in [0.05, 0.1) is 17.2 Å². The second-order valence-electron chi connectivity index (χ2n) is 5.35. The Kier molecular flexibility index (Phi) is 5.08. The van der Waals surface area contributed by atoms with E-state index in [1.165, 1.54) is 18.3 Å². The van der Waals surface area contributed by atoms with Crippen LogP contribution in [0.1, 0.15) is 11.4 Å². The molecule has 0 saturated heterocycles. The van der Waals surface area contributed by atoms with Gasteiger partial charge in [-0.2, -0.15) is 18.3 Å². The lowest BCUT2D eigenvalue weighted by molar-refractivity contribution is -0.147. The molecule has 5 nitrogen and oxygen atoms in total. The first kappa shape index (κ1) is 18.1. The maximum Gasteiger partial charge on any atom is 0.449 e. The summed E-state index contributed by atoms with van der Waals surface area (Å²) in [5.41, 5.74) is 3.36. The molecule has 1 N–H and O–H groups in total. The van der Waals surface area contributed by atoms with Crippen molar-refractivity contribution >= 4 is 39.1 Å². The number of hydrogen-bond acceptors (Lipinski definition) is 3. The number of imidazole rings is 1. The number of benzene rings is 2. The molecule has 0 aliphatic carbocycles. The predicted octanol–water partition coefficient (Wildman–Crippen LogP) is 3.97. The summed E-state index contributed by atoms with van der Waals surface area (Å²) >= 11 is 3.30. The summed E-state index contributed by atoms with van der Waals surface area (Å²) in [6.45, 7) is -0.549. The molecule has 134 valence electrons. The van der Waals surface area contributed by atoms with Crippen molar-refractivity contribution in [3.8, 4) is 0 Å². The minimum atomic E-state index is -4.67. The Morgan fingerprint density at radius 2 is 1.88 bits per heavy atom. The van der Waals surface area contributed by atoms with Crippen molar-refractivity contribution in [3.63, 3.8) is 0 Å². The highest BCUT2D eigenvalue weighted by atomic mass is 79.9. The SMILES string of the molecule is O=C(Cn1c(C(F)(F)F)nc2ccccc21)N/N=C/c1ccc(Br)cc1. The van der Waals surface area contributed by atoms with Crippen LogP contribution in [0.25, 0.3) is 11.0 Å². The van der Waals surface area contributed by atoms with Crippen LogP contribution in [0.3, 0.4) is 0 Å². The summed E-state index contributed by atoms with van der Waals surface area (Å²) in [4.78, 5) is 15.6. The first-order valence-corrected chi connectivity index (χ1v) is 8.24. The molecule has 2 aromatic carbocycles. The van der Waals surface area contributed by atoms with E-state index in [4.69, 9.17) is 0 Å². The molecule has 3 aromatic rings. The maximum absolute atomic E-state index is 13.2. The number of halogens is 4. The average Bonchev–Trinajstić information content (AvgIpc) is 2.96. The number of nitrogens with zero attached hydrogens (tertiary/aromatic N) is 3. The van der Waals surface area contributed by atoms with Crippen LogP contribution in [0, 0.1) is 0 Å². The summed E-state index contributed by atoms with van der Waals surface area (Å²) in [5, 5.41) is 3.77. The van der Waals surface area contributed by atoms with Gasteiger partial charge in [-0.05, 0) is 29.8 Å². The highest BCUT2D eigenvalue weighted by Gasteiger charge is 2.37. The van der Waals surface area contributed by atoms with Gasteiger partial charge in [0.1, 0.15) is 6.54 Å². The number of carbonyl (C=O) groups excluding carboxylic acids is 1. The van der Waals surface area contributed by atoms with Crippen LogP contribution in [0.2, 0.25) is 0 Å². The van der Waals surface area contributed by atoms with Crippen molar-refractivity contribution in [2.24, 2.45) is 5.10 Å². The zero-order valence-electron chi connectivity index (χ0n) is 13.2. The Labute approximate surface area is 154 Å². The summed E-state index contributed by atoms with van der Waals surface area (Å²) in [5.74, 6) is -1.81. The van der Waals surface area contributed by atoms with Crippen molar-refractivity contribution < 1.29 is 18.0 Å². The van der Waals surface area contributed by atoms with Crippen molar-refractivity contribution in [2.75, 3.05) is 0 Å². The summed E-state index contributed by atoms with van der Waals surface area (Å²) in [6.07, 6.45) is -3.26. The molecule has 26 heavy (non-hydrogen) atoms. The van der Waals surface area contributed by atoms with E-state index in [1.807, 2.05) is 0 Å². The second kappa shape index (κ2) is 7.28. The van der Waals surface area contributed by atoms with Crippen LogP contribution in [0.5, 0.6) is 0 Å². The Balaban J connectivity index is 1.77. The molecule has 0 spiro atoms. The van der Waals surface area contributed by atoms with E-state index in [0.717, 1.165) is 14.6 Å². The number of rotatable bonds is 4. The van der Waals surface area contributed by atoms with E-state index in [9.17, 15) is 18.0 Å². The third kappa shape index (κ3) is 4.10. The zero-order valence-corrected chi connectivity index (χ0v) is 14.8. The Morgan fingerprint density at radius 3 is 2.58 bits per heavy atom. The topological polar surface area (TPSA) is 59.3 Å². The van der Waals surface area contributed by atoms with Gasteiger partial charge in [-0.25, -0.2) is 10.4 Å². The molecule has 0 unspecified atom stereocenters. The Hall–Kier alpha value is -2.68. The van der Waals surface area contributed by atoms with E-state index < -0.39 is 24.5 Å². The average molecular weight is 425 g/mol. The molecule has 0 bridgehead atoms. The zero-order chi connectivity index (χ0) is 18.7. The lowest BCUT2D eigenvalue weighted by Gasteiger charge is -2.10. The van der Waals surface area contributed by atoms with Crippen LogP contribution in [-0.2, 0) is 17.5 Å². The molecule has 0 aliphatic rings. The van der Waals surface area contributed by atoms with Crippen molar-refractivity contribution in [3.05, 3.63) is 64.4 Å². The molecule has 1 amide bonds. The van der Waals surface area contributed by atoms with E-state index in [0.29, 0.717) is 0 Å². The van der Waals surface area contributed by atoms with Gasteiger partial charge in [-0.1, -0.05) is 40.2 Å². The summed E-state index contributed by atoms with van der Waals surface area (Å²) in [6, 6.07) is 13.3. The largest absolute Gasteiger partial charge is 0.449 e. The van der Waals surface area contributed by atoms with Gasteiger partial charge >= 0.3 is 6.18 Å². The minimum absolute atomic E-state index is 0.172. The van der Waals surface area contributed by atoms with Gasteiger partial charge in [0, 0.05) is 4.47 Å². The molecule has 9 heteroatoms. The number of alkyl halides is 3.